The molecule has 1 saturated carbocycles. The molecule has 0 bridgehead atoms. The summed E-state index contributed by atoms with van der Waals surface area (Å²) in [5.41, 5.74) is 2.85. The molecule has 1 aliphatic carbocycles. The Hall–Kier alpha value is -3.44. The van der Waals surface area contributed by atoms with E-state index in [2.05, 4.69) is 5.32 Å². The molecule has 1 fully saturated rings. The topological polar surface area (TPSA) is 75.6 Å². The van der Waals surface area contributed by atoms with Gasteiger partial charge >= 0.3 is 5.97 Å². The Bertz CT molecular complexity index is 1060. The van der Waals surface area contributed by atoms with Gasteiger partial charge in [-0.15, -0.1) is 0 Å². The summed E-state index contributed by atoms with van der Waals surface area (Å²) >= 11 is 0. The lowest BCUT2D eigenvalue weighted by Gasteiger charge is -2.28. The molecule has 0 radical (unpaired) electrons. The molecule has 32 heavy (non-hydrogen) atoms. The van der Waals surface area contributed by atoms with E-state index in [9.17, 15) is 9.59 Å². The molecule has 4 rings (SSSR count). The number of nitrogens with one attached hydrogen (secondary N) is 1. The summed E-state index contributed by atoms with van der Waals surface area (Å²) in [5.74, 6) is -1.03. The van der Waals surface area contributed by atoms with Gasteiger partial charge in [0.15, 0.2) is 0 Å². The van der Waals surface area contributed by atoms with E-state index in [0.29, 0.717) is 5.69 Å². The van der Waals surface area contributed by atoms with E-state index in [-0.39, 0.29) is 5.91 Å². The number of ether oxygens (including phenoxy) is 1. The number of amides is 1. The highest BCUT2D eigenvalue weighted by molar-refractivity contribution is 5.99. The van der Waals surface area contributed by atoms with E-state index in [4.69, 9.17) is 9.84 Å². The molecule has 3 aromatic carbocycles. The lowest BCUT2D eigenvalue weighted by Crippen LogP contribution is -2.38. The third kappa shape index (κ3) is 4.73. The predicted molar refractivity (Wildman–Crippen MR) is 124 cm³/mol. The number of benzene rings is 3. The monoisotopic (exact) mass is 429 g/mol. The third-order valence-electron chi connectivity index (χ3n) is 6.14. The minimum absolute atomic E-state index is 0.000987. The molecular weight excluding hydrogens is 402 g/mol. The number of rotatable bonds is 8. The van der Waals surface area contributed by atoms with Crippen molar-refractivity contribution in [1.29, 1.82) is 0 Å². The summed E-state index contributed by atoms with van der Waals surface area (Å²) in [6, 6.07) is 26.9. The van der Waals surface area contributed by atoms with Crippen LogP contribution in [0.4, 0.5) is 5.69 Å². The van der Waals surface area contributed by atoms with Gasteiger partial charge in [-0.25, -0.2) is 4.79 Å². The van der Waals surface area contributed by atoms with Crippen LogP contribution < -0.4 is 5.32 Å². The average molecular weight is 430 g/mol. The summed E-state index contributed by atoms with van der Waals surface area (Å²) in [4.78, 5) is 24.6. The maximum Gasteiger partial charge on any atom is 0.329 e. The van der Waals surface area contributed by atoms with Crippen LogP contribution in [0.1, 0.15) is 48.5 Å². The maximum atomic E-state index is 13.5. The number of anilines is 1. The molecule has 0 aliphatic heterocycles. The van der Waals surface area contributed by atoms with Gasteiger partial charge in [-0.2, -0.15) is 0 Å². The molecule has 1 amide bonds. The zero-order chi connectivity index (χ0) is 22.4. The predicted octanol–water partition coefficient (Wildman–Crippen LogP) is 5.33. The Morgan fingerprint density at radius 1 is 0.875 bits per heavy atom. The van der Waals surface area contributed by atoms with Crippen LogP contribution in [0.2, 0.25) is 0 Å². The first-order valence-electron chi connectivity index (χ1n) is 10.9. The molecule has 1 unspecified atom stereocenters. The van der Waals surface area contributed by atoms with Crippen molar-refractivity contribution in [2.24, 2.45) is 0 Å². The maximum absolute atomic E-state index is 13.5. The minimum atomic E-state index is -1.03. The van der Waals surface area contributed by atoms with E-state index in [1.54, 1.807) is 0 Å². The van der Waals surface area contributed by atoms with Gasteiger partial charge in [0.05, 0.1) is 5.41 Å². The first-order chi connectivity index (χ1) is 15.6. The van der Waals surface area contributed by atoms with E-state index < -0.39 is 24.1 Å². The van der Waals surface area contributed by atoms with Crippen molar-refractivity contribution < 1.29 is 19.4 Å². The molecule has 164 valence electrons. The highest BCUT2D eigenvalue weighted by Crippen LogP contribution is 2.42. The molecular formula is C27H27NO4. The molecule has 5 heteroatoms. The zero-order valence-corrected chi connectivity index (χ0v) is 17.9. The molecule has 1 aliphatic rings. The number of carboxylic acid groups (broad SMARTS) is 1. The average Bonchev–Trinajstić information content (AvgIpc) is 3.32. The normalized spacial score (nSPS) is 15.8. The Morgan fingerprint density at radius 3 is 2.16 bits per heavy atom. The standard InChI is InChI=1S/C27H27NO4/c29-24(30)19-32-25(20-10-3-1-4-11-20)21-12-9-15-23(18-21)28-26(31)27(16-7-8-17-27)22-13-5-2-6-14-22/h1-6,9-15,18,25H,7-8,16-17,19H2,(H,28,31)(H,29,30). The van der Waals surface area contributed by atoms with Gasteiger partial charge in [0, 0.05) is 5.69 Å². The molecule has 1 atom stereocenters. The van der Waals surface area contributed by atoms with Gasteiger partial charge in [-0.05, 0) is 41.7 Å². The van der Waals surface area contributed by atoms with E-state index >= 15 is 0 Å². The number of hydrogen-bond donors (Lipinski definition) is 2. The molecule has 5 nitrogen and oxygen atoms in total. The Balaban J connectivity index is 1.60. The minimum Gasteiger partial charge on any atom is -0.480 e. The highest BCUT2D eigenvalue weighted by Gasteiger charge is 2.42. The van der Waals surface area contributed by atoms with Crippen molar-refractivity contribution in [3.8, 4) is 0 Å². The summed E-state index contributed by atoms with van der Waals surface area (Å²) in [5, 5.41) is 12.2. The van der Waals surface area contributed by atoms with Crippen LogP contribution in [0.3, 0.4) is 0 Å². The van der Waals surface area contributed by atoms with Crippen LogP contribution in [-0.2, 0) is 19.7 Å². The number of hydrogen-bond acceptors (Lipinski definition) is 3. The summed E-state index contributed by atoms with van der Waals surface area (Å²) in [6.07, 6.45) is 3.18. The number of carboxylic acids is 1. The molecule has 3 aromatic rings. The number of carbonyl (C=O) groups is 2. The third-order valence-corrected chi connectivity index (χ3v) is 6.14. The quantitative estimate of drug-likeness (QED) is 0.508. The molecule has 2 N–H and O–H groups in total. The second-order valence-electron chi connectivity index (χ2n) is 8.23. The smallest absolute Gasteiger partial charge is 0.329 e. The number of aliphatic carboxylic acids is 1. The van der Waals surface area contributed by atoms with Crippen LogP contribution >= 0.6 is 0 Å². The Labute approximate surface area is 188 Å². The Morgan fingerprint density at radius 2 is 1.50 bits per heavy atom. The van der Waals surface area contributed by atoms with E-state index in [1.807, 2.05) is 84.9 Å². The SMILES string of the molecule is O=C(O)COC(c1ccccc1)c1cccc(NC(=O)C2(c3ccccc3)CCCC2)c1. The van der Waals surface area contributed by atoms with Gasteiger partial charge < -0.3 is 15.2 Å². The van der Waals surface area contributed by atoms with Gasteiger partial charge in [-0.3, -0.25) is 4.79 Å². The first-order valence-corrected chi connectivity index (χ1v) is 10.9. The molecule has 0 heterocycles. The van der Waals surface area contributed by atoms with Crippen molar-refractivity contribution in [2.75, 3.05) is 11.9 Å². The summed E-state index contributed by atoms with van der Waals surface area (Å²) in [6.45, 7) is -0.409. The fourth-order valence-corrected chi connectivity index (χ4v) is 4.58. The highest BCUT2D eigenvalue weighted by atomic mass is 16.5. The van der Waals surface area contributed by atoms with Gasteiger partial charge in [0.2, 0.25) is 5.91 Å². The van der Waals surface area contributed by atoms with Gasteiger partial charge in [0.25, 0.3) is 0 Å². The van der Waals surface area contributed by atoms with Crippen LogP contribution in [0.5, 0.6) is 0 Å². The fourth-order valence-electron chi connectivity index (χ4n) is 4.58. The summed E-state index contributed by atoms with van der Waals surface area (Å²) in [7, 11) is 0. The fraction of sp³-hybridized carbons (Fsp3) is 0.259. The second-order valence-corrected chi connectivity index (χ2v) is 8.23. The van der Waals surface area contributed by atoms with Crippen LogP contribution in [0, 0.1) is 0 Å². The Kier molecular flexibility index (Phi) is 6.66. The summed E-state index contributed by atoms with van der Waals surface area (Å²) < 4.78 is 5.71. The van der Waals surface area contributed by atoms with Crippen LogP contribution in [0.25, 0.3) is 0 Å². The van der Waals surface area contributed by atoms with Crippen LogP contribution in [-0.4, -0.2) is 23.6 Å². The van der Waals surface area contributed by atoms with Crippen molar-refractivity contribution in [1.82, 2.24) is 0 Å². The molecule has 0 saturated heterocycles. The van der Waals surface area contributed by atoms with Crippen molar-refractivity contribution in [3.63, 3.8) is 0 Å². The van der Waals surface area contributed by atoms with Gasteiger partial charge in [-0.1, -0.05) is 85.6 Å². The van der Waals surface area contributed by atoms with Crippen LogP contribution in [0.15, 0.2) is 84.9 Å². The second kappa shape index (κ2) is 9.79. The van der Waals surface area contributed by atoms with Crippen molar-refractivity contribution >= 4 is 17.6 Å². The van der Waals surface area contributed by atoms with E-state index in [1.165, 1.54) is 0 Å². The number of carbonyl (C=O) groups excluding carboxylic acids is 1. The van der Waals surface area contributed by atoms with Gasteiger partial charge in [0.1, 0.15) is 12.7 Å². The van der Waals surface area contributed by atoms with Crippen molar-refractivity contribution in [3.05, 3.63) is 102 Å². The molecule has 0 spiro atoms. The first kappa shape index (κ1) is 21.8. The van der Waals surface area contributed by atoms with E-state index in [0.717, 1.165) is 42.4 Å². The lowest BCUT2D eigenvalue weighted by atomic mass is 9.78. The zero-order valence-electron chi connectivity index (χ0n) is 17.9. The lowest BCUT2D eigenvalue weighted by molar-refractivity contribution is -0.143. The molecule has 0 aromatic heterocycles. The largest absolute Gasteiger partial charge is 0.480 e. The van der Waals surface area contributed by atoms with Crippen molar-refractivity contribution in [2.45, 2.75) is 37.2 Å².